The minimum atomic E-state index is 0.152. The van der Waals surface area contributed by atoms with E-state index in [2.05, 4.69) is 23.6 Å². The van der Waals surface area contributed by atoms with Gasteiger partial charge in [-0.05, 0) is 45.7 Å². The highest BCUT2D eigenvalue weighted by atomic mass is 35.5. The third-order valence-corrected chi connectivity index (χ3v) is 4.10. The SMILES string of the molecule is CC(C)Oc1cccc2c1nc(CCCl)n2C1(C)CC1. The molecule has 1 aliphatic carbocycles. The summed E-state index contributed by atoms with van der Waals surface area (Å²) < 4.78 is 8.27. The van der Waals surface area contributed by atoms with Crippen molar-refractivity contribution in [1.29, 1.82) is 0 Å². The van der Waals surface area contributed by atoms with Gasteiger partial charge in [-0.15, -0.1) is 11.6 Å². The molecule has 0 unspecified atom stereocenters. The van der Waals surface area contributed by atoms with E-state index in [0.29, 0.717) is 5.88 Å². The molecule has 1 aromatic heterocycles. The highest BCUT2D eigenvalue weighted by Gasteiger charge is 2.42. The number of hydrogen-bond donors (Lipinski definition) is 0. The van der Waals surface area contributed by atoms with E-state index in [0.717, 1.165) is 23.5 Å². The Bertz CT molecular complexity index is 629. The van der Waals surface area contributed by atoms with Crippen molar-refractivity contribution in [3.8, 4) is 5.75 Å². The van der Waals surface area contributed by atoms with E-state index in [1.165, 1.54) is 18.4 Å². The van der Waals surface area contributed by atoms with Gasteiger partial charge in [-0.25, -0.2) is 4.98 Å². The maximum absolute atomic E-state index is 5.95. The van der Waals surface area contributed by atoms with Crippen LogP contribution >= 0.6 is 11.6 Å². The van der Waals surface area contributed by atoms with Crippen LogP contribution in [0.1, 0.15) is 39.4 Å². The minimum Gasteiger partial charge on any atom is -0.489 e. The summed E-state index contributed by atoms with van der Waals surface area (Å²) in [6.07, 6.45) is 3.37. The molecule has 20 heavy (non-hydrogen) atoms. The molecular weight excluding hydrogens is 272 g/mol. The normalized spacial score (nSPS) is 16.9. The lowest BCUT2D eigenvalue weighted by Gasteiger charge is -2.16. The van der Waals surface area contributed by atoms with Gasteiger partial charge in [0.1, 0.15) is 17.1 Å². The minimum absolute atomic E-state index is 0.152. The fourth-order valence-corrected chi connectivity index (χ4v) is 2.90. The van der Waals surface area contributed by atoms with E-state index in [-0.39, 0.29) is 11.6 Å². The molecule has 3 nitrogen and oxygen atoms in total. The Labute approximate surface area is 124 Å². The lowest BCUT2D eigenvalue weighted by Crippen LogP contribution is -2.16. The fraction of sp³-hybridized carbons (Fsp3) is 0.562. The van der Waals surface area contributed by atoms with Crippen LogP contribution in [0.5, 0.6) is 5.75 Å². The average molecular weight is 293 g/mol. The number of alkyl halides is 1. The Morgan fingerprint density at radius 1 is 1.40 bits per heavy atom. The number of imidazole rings is 1. The van der Waals surface area contributed by atoms with Crippen LogP contribution < -0.4 is 4.74 Å². The maximum atomic E-state index is 5.95. The van der Waals surface area contributed by atoms with Crippen molar-refractivity contribution in [2.45, 2.75) is 51.7 Å². The Balaban J connectivity index is 2.17. The number of nitrogens with zero attached hydrogens (tertiary/aromatic N) is 2. The first-order chi connectivity index (χ1) is 9.55. The molecule has 0 radical (unpaired) electrons. The third kappa shape index (κ3) is 2.28. The number of para-hydroxylation sites is 1. The molecule has 1 aromatic carbocycles. The molecule has 0 atom stereocenters. The molecule has 3 rings (SSSR count). The zero-order valence-electron chi connectivity index (χ0n) is 12.3. The smallest absolute Gasteiger partial charge is 0.147 e. The van der Waals surface area contributed by atoms with Crippen LogP contribution in [0.3, 0.4) is 0 Å². The van der Waals surface area contributed by atoms with Gasteiger partial charge < -0.3 is 9.30 Å². The zero-order chi connectivity index (χ0) is 14.3. The predicted molar refractivity (Wildman–Crippen MR) is 82.8 cm³/mol. The van der Waals surface area contributed by atoms with Gasteiger partial charge in [0.15, 0.2) is 0 Å². The summed E-state index contributed by atoms with van der Waals surface area (Å²) in [5.74, 6) is 2.55. The van der Waals surface area contributed by atoms with E-state index < -0.39 is 0 Å². The molecule has 108 valence electrons. The summed E-state index contributed by atoms with van der Waals surface area (Å²) in [5.41, 5.74) is 2.35. The van der Waals surface area contributed by atoms with Crippen molar-refractivity contribution in [3.05, 3.63) is 24.0 Å². The summed E-state index contributed by atoms with van der Waals surface area (Å²) >= 11 is 5.95. The van der Waals surface area contributed by atoms with Gasteiger partial charge >= 0.3 is 0 Å². The zero-order valence-corrected chi connectivity index (χ0v) is 13.1. The topological polar surface area (TPSA) is 27.1 Å². The third-order valence-electron chi connectivity index (χ3n) is 3.91. The fourth-order valence-electron chi connectivity index (χ4n) is 2.73. The van der Waals surface area contributed by atoms with Gasteiger partial charge in [0.25, 0.3) is 0 Å². The summed E-state index contributed by atoms with van der Waals surface area (Å²) in [6, 6.07) is 6.19. The molecule has 1 aliphatic rings. The van der Waals surface area contributed by atoms with E-state index in [1.807, 2.05) is 19.9 Å². The van der Waals surface area contributed by atoms with Crippen molar-refractivity contribution >= 4 is 22.6 Å². The van der Waals surface area contributed by atoms with Crippen molar-refractivity contribution < 1.29 is 4.74 Å². The van der Waals surface area contributed by atoms with Crippen LogP contribution in [-0.4, -0.2) is 21.5 Å². The Morgan fingerprint density at radius 2 is 2.15 bits per heavy atom. The quantitative estimate of drug-likeness (QED) is 0.775. The second-order valence-corrected chi connectivity index (χ2v) is 6.47. The predicted octanol–water partition coefficient (Wildman–Crippen LogP) is 4.11. The monoisotopic (exact) mass is 292 g/mol. The van der Waals surface area contributed by atoms with Gasteiger partial charge in [-0.1, -0.05) is 6.07 Å². The average Bonchev–Trinajstić information content (AvgIpc) is 3.00. The molecule has 0 aliphatic heterocycles. The first-order valence-electron chi connectivity index (χ1n) is 7.28. The van der Waals surface area contributed by atoms with Crippen molar-refractivity contribution in [2.24, 2.45) is 0 Å². The Morgan fingerprint density at radius 3 is 2.75 bits per heavy atom. The summed E-state index contributed by atoms with van der Waals surface area (Å²) in [6.45, 7) is 6.37. The van der Waals surface area contributed by atoms with Crippen LogP contribution in [-0.2, 0) is 12.0 Å². The van der Waals surface area contributed by atoms with Crippen LogP contribution in [0.2, 0.25) is 0 Å². The molecule has 0 spiro atoms. The number of benzene rings is 1. The summed E-state index contributed by atoms with van der Waals surface area (Å²) in [7, 11) is 0. The highest BCUT2D eigenvalue weighted by Crippen LogP contribution is 2.46. The van der Waals surface area contributed by atoms with E-state index in [4.69, 9.17) is 21.3 Å². The molecule has 0 amide bonds. The van der Waals surface area contributed by atoms with Gasteiger partial charge in [0.2, 0.25) is 0 Å². The Hall–Kier alpha value is -1.22. The van der Waals surface area contributed by atoms with Gasteiger partial charge in [0, 0.05) is 17.8 Å². The van der Waals surface area contributed by atoms with Crippen LogP contribution in [0, 0.1) is 0 Å². The van der Waals surface area contributed by atoms with Gasteiger partial charge in [-0.2, -0.15) is 0 Å². The molecule has 1 fully saturated rings. The standard InChI is InChI=1S/C16H21ClN2O/c1-11(2)20-13-6-4-5-12-15(13)18-14(7-10-17)19(12)16(3)8-9-16/h4-6,11H,7-10H2,1-3H3. The molecule has 0 N–H and O–H groups in total. The molecule has 0 bridgehead atoms. The van der Waals surface area contributed by atoms with E-state index in [1.54, 1.807) is 0 Å². The van der Waals surface area contributed by atoms with Gasteiger partial charge in [0.05, 0.1) is 11.6 Å². The second-order valence-electron chi connectivity index (χ2n) is 6.09. The molecule has 4 heteroatoms. The van der Waals surface area contributed by atoms with Crippen LogP contribution in [0.15, 0.2) is 18.2 Å². The number of aromatic nitrogens is 2. The van der Waals surface area contributed by atoms with E-state index >= 15 is 0 Å². The number of hydrogen-bond acceptors (Lipinski definition) is 2. The summed E-state index contributed by atoms with van der Waals surface area (Å²) in [5, 5.41) is 0. The number of ether oxygens (including phenoxy) is 1. The van der Waals surface area contributed by atoms with E-state index in [9.17, 15) is 0 Å². The van der Waals surface area contributed by atoms with Crippen molar-refractivity contribution in [2.75, 3.05) is 5.88 Å². The first kappa shape index (κ1) is 13.7. The largest absolute Gasteiger partial charge is 0.489 e. The molecular formula is C16H21ClN2O. The highest BCUT2D eigenvalue weighted by molar-refractivity contribution is 6.17. The lowest BCUT2D eigenvalue weighted by molar-refractivity contribution is 0.245. The van der Waals surface area contributed by atoms with Crippen molar-refractivity contribution in [1.82, 2.24) is 9.55 Å². The van der Waals surface area contributed by atoms with Crippen LogP contribution in [0.4, 0.5) is 0 Å². The number of fused-ring (bicyclic) bond motifs is 1. The summed E-state index contributed by atoms with van der Waals surface area (Å²) in [4.78, 5) is 4.82. The number of halogens is 1. The number of rotatable bonds is 5. The molecule has 1 heterocycles. The van der Waals surface area contributed by atoms with Crippen LogP contribution in [0.25, 0.3) is 11.0 Å². The lowest BCUT2D eigenvalue weighted by atomic mass is 10.2. The molecule has 1 saturated carbocycles. The maximum Gasteiger partial charge on any atom is 0.147 e. The number of aryl methyl sites for hydroxylation is 1. The van der Waals surface area contributed by atoms with Crippen molar-refractivity contribution in [3.63, 3.8) is 0 Å². The van der Waals surface area contributed by atoms with Gasteiger partial charge in [-0.3, -0.25) is 0 Å². The first-order valence-corrected chi connectivity index (χ1v) is 7.82. The molecule has 0 saturated heterocycles. The Kier molecular flexibility index (Phi) is 3.41. The molecule has 2 aromatic rings. The second kappa shape index (κ2) is 4.96.